The molecule has 1 aromatic heterocycles. The summed E-state index contributed by atoms with van der Waals surface area (Å²) in [4.78, 5) is 26.7. The number of rotatable bonds is 3. The summed E-state index contributed by atoms with van der Waals surface area (Å²) in [5, 5.41) is 10.1. The van der Waals surface area contributed by atoms with Crippen LogP contribution in [0.2, 0.25) is 0 Å². The number of nitrogens with one attached hydrogen (secondary N) is 1. The number of carbonyl (C=O) groups excluding carboxylic acids is 2. The molecule has 2 heterocycles. The fourth-order valence-electron chi connectivity index (χ4n) is 3.03. The van der Waals surface area contributed by atoms with Gasteiger partial charge in [0.25, 0.3) is 11.8 Å². The Morgan fingerprint density at radius 1 is 0.923 bits per heavy atom. The van der Waals surface area contributed by atoms with Gasteiger partial charge in [-0.1, -0.05) is 18.2 Å². The summed E-state index contributed by atoms with van der Waals surface area (Å²) in [5.74, 6) is -0.307. The first kappa shape index (κ1) is 16.0. The second kappa shape index (κ2) is 6.76. The molecule has 6 heteroatoms. The van der Waals surface area contributed by atoms with Crippen molar-refractivity contribution < 1.29 is 9.59 Å². The molecule has 0 fully saturated rings. The Balaban J connectivity index is 1.48. The first-order valence-electron chi connectivity index (χ1n) is 8.30. The van der Waals surface area contributed by atoms with E-state index in [1.54, 1.807) is 35.2 Å². The van der Waals surface area contributed by atoms with Gasteiger partial charge in [-0.2, -0.15) is 10.2 Å². The van der Waals surface area contributed by atoms with Gasteiger partial charge in [0.05, 0.1) is 18.0 Å². The van der Waals surface area contributed by atoms with Crippen molar-refractivity contribution in [2.75, 3.05) is 16.8 Å². The molecule has 0 saturated carbocycles. The Bertz CT molecular complexity index is 955. The Kier molecular flexibility index (Phi) is 4.15. The molecule has 0 atom stereocenters. The highest BCUT2D eigenvalue weighted by molar-refractivity contribution is 6.08. The van der Waals surface area contributed by atoms with Gasteiger partial charge in [0.1, 0.15) is 0 Å². The van der Waals surface area contributed by atoms with Crippen LogP contribution in [0.15, 0.2) is 67.0 Å². The number of hydrogen-bond donors (Lipinski definition) is 1. The van der Waals surface area contributed by atoms with Gasteiger partial charge >= 0.3 is 0 Å². The van der Waals surface area contributed by atoms with Gasteiger partial charge in [0, 0.05) is 23.5 Å². The Morgan fingerprint density at radius 2 is 1.73 bits per heavy atom. The lowest BCUT2D eigenvalue weighted by Crippen LogP contribution is -2.28. The minimum atomic E-state index is -0.271. The van der Waals surface area contributed by atoms with Crippen LogP contribution in [0.4, 0.5) is 11.4 Å². The molecule has 0 saturated heterocycles. The van der Waals surface area contributed by atoms with E-state index in [0.717, 1.165) is 12.1 Å². The van der Waals surface area contributed by atoms with Crippen LogP contribution in [0.5, 0.6) is 0 Å². The molecule has 0 radical (unpaired) electrons. The number of benzene rings is 2. The van der Waals surface area contributed by atoms with E-state index in [-0.39, 0.29) is 11.8 Å². The van der Waals surface area contributed by atoms with E-state index in [1.807, 2.05) is 18.2 Å². The van der Waals surface area contributed by atoms with Crippen molar-refractivity contribution in [1.29, 1.82) is 0 Å². The van der Waals surface area contributed by atoms with Crippen LogP contribution in [0.25, 0.3) is 0 Å². The van der Waals surface area contributed by atoms with Crippen LogP contribution < -0.4 is 10.2 Å². The molecular weight excluding hydrogens is 328 g/mol. The minimum absolute atomic E-state index is 0.0360. The summed E-state index contributed by atoms with van der Waals surface area (Å²) in [6.07, 6.45) is 3.73. The molecule has 6 nitrogen and oxygen atoms in total. The summed E-state index contributed by atoms with van der Waals surface area (Å²) in [5.41, 5.74) is 3.79. The first-order valence-corrected chi connectivity index (χ1v) is 8.30. The average molecular weight is 344 g/mol. The van der Waals surface area contributed by atoms with E-state index >= 15 is 0 Å². The summed E-state index contributed by atoms with van der Waals surface area (Å²) in [7, 11) is 0. The topological polar surface area (TPSA) is 75.2 Å². The zero-order valence-electron chi connectivity index (χ0n) is 13.9. The predicted molar refractivity (Wildman–Crippen MR) is 98.2 cm³/mol. The van der Waals surface area contributed by atoms with Crippen LogP contribution in [0.1, 0.15) is 26.3 Å². The van der Waals surface area contributed by atoms with Crippen molar-refractivity contribution in [1.82, 2.24) is 10.2 Å². The third kappa shape index (κ3) is 3.04. The number of carbonyl (C=O) groups is 2. The zero-order chi connectivity index (χ0) is 17.9. The normalized spacial score (nSPS) is 12.5. The zero-order valence-corrected chi connectivity index (χ0v) is 13.9. The fourth-order valence-corrected chi connectivity index (χ4v) is 3.03. The summed E-state index contributed by atoms with van der Waals surface area (Å²) in [6, 6.07) is 16.4. The highest BCUT2D eigenvalue weighted by Gasteiger charge is 2.24. The number of anilines is 2. The lowest BCUT2D eigenvalue weighted by molar-refractivity contribution is 0.0988. The number of para-hydroxylation sites is 1. The van der Waals surface area contributed by atoms with Crippen LogP contribution in [-0.2, 0) is 6.42 Å². The fraction of sp³-hybridized carbons (Fsp3) is 0.100. The highest BCUT2D eigenvalue weighted by atomic mass is 16.2. The van der Waals surface area contributed by atoms with Gasteiger partial charge < -0.3 is 10.2 Å². The van der Waals surface area contributed by atoms with E-state index < -0.39 is 0 Å². The molecule has 0 unspecified atom stereocenters. The minimum Gasteiger partial charge on any atom is -0.322 e. The van der Waals surface area contributed by atoms with E-state index in [1.165, 1.54) is 18.0 Å². The molecule has 3 aromatic rings. The van der Waals surface area contributed by atoms with Crippen molar-refractivity contribution in [3.63, 3.8) is 0 Å². The van der Waals surface area contributed by atoms with Crippen LogP contribution in [0, 0.1) is 0 Å². The van der Waals surface area contributed by atoms with Crippen molar-refractivity contribution in [3.8, 4) is 0 Å². The quantitative estimate of drug-likeness (QED) is 0.793. The molecule has 1 aliphatic rings. The van der Waals surface area contributed by atoms with Gasteiger partial charge in [0.15, 0.2) is 0 Å². The average Bonchev–Trinajstić information content (AvgIpc) is 3.13. The molecule has 1 N–H and O–H groups in total. The smallest absolute Gasteiger partial charge is 0.258 e. The van der Waals surface area contributed by atoms with Gasteiger partial charge in [-0.25, -0.2) is 0 Å². The highest BCUT2D eigenvalue weighted by Crippen LogP contribution is 2.29. The van der Waals surface area contributed by atoms with Crippen LogP contribution in [-0.4, -0.2) is 28.6 Å². The summed E-state index contributed by atoms with van der Waals surface area (Å²) >= 11 is 0. The number of amides is 2. The molecule has 26 heavy (non-hydrogen) atoms. The molecule has 2 aromatic carbocycles. The van der Waals surface area contributed by atoms with E-state index in [2.05, 4.69) is 21.6 Å². The molecule has 2 amide bonds. The van der Waals surface area contributed by atoms with Crippen LogP contribution in [0.3, 0.4) is 0 Å². The van der Waals surface area contributed by atoms with Crippen molar-refractivity contribution in [2.24, 2.45) is 0 Å². The molecular formula is C20H16N4O2. The molecule has 4 rings (SSSR count). The molecule has 0 aliphatic carbocycles. The number of nitrogens with zero attached hydrogens (tertiary/aromatic N) is 3. The molecule has 128 valence electrons. The van der Waals surface area contributed by atoms with E-state index in [4.69, 9.17) is 0 Å². The van der Waals surface area contributed by atoms with Crippen molar-refractivity contribution in [3.05, 3.63) is 83.7 Å². The van der Waals surface area contributed by atoms with Crippen molar-refractivity contribution in [2.45, 2.75) is 6.42 Å². The number of aromatic nitrogens is 2. The molecule has 0 bridgehead atoms. The predicted octanol–water partition coefficient (Wildman–Crippen LogP) is 2.93. The van der Waals surface area contributed by atoms with Gasteiger partial charge in [0.2, 0.25) is 0 Å². The Labute approximate surface area is 150 Å². The third-order valence-corrected chi connectivity index (χ3v) is 4.37. The van der Waals surface area contributed by atoms with Gasteiger partial charge in [-0.3, -0.25) is 9.59 Å². The SMILES string of the molecule is O=C(Nc1ccc(C(=O)N2CCc3ccccc32)cc1)c1ccnnc1. The third-order valence-electron chi connectivity index (χ3n) is 4.37. The first-order chi connectivity index (χ1) is 12.7. The second-order valence-electron chi connectivity index (χ2n) is 6.00. The monoisotopic (exact) mass is 344 g/mol. The second-order valence-corrected chi connectivity index (χ2v) is 6.00. The largest absolute Gasteiger partial charge is 0.322 e. The van der Waals surface area contributed by atoms with E-state index in [0.29, 0.717) is 23.4 Å². The Morgan fingerprint density at radius 3 is 2.50 bits per heavy atom. The van der Waals surface area contributed by atoms with Gasteiger partial charge in [-0.05, 0) is 48.4 Å². The van der Waals surface area contributed by atoms with Crippen molar-refractivity contribution >= 4 is 23.2 Å². The maximum absolute atomic E-state index is 12.8. The maximum Gasteiger partial charge on any atom is 0.258 e. The van der Waals surface area contributed by atoms with E-state index in [9.17, 15) is 9.59 Å². The van der Waals surface area contributed by atoms with Crippen LogP contribution >= 0.6 is 0 Å². The Hall–Kier alpha value is -3.54. The van der Waals surface area contributed by atoms with Gasteiger partial charge in [-0.15, -0.1) is 0 Å². The lowest BCUT2D eigenvalue weighted by atomic mass is 10.1. The lowest BCUT2D eigenvalue weighted by Gasteiger charge is -2.17. The number of hydrogen-bond acceptors (Lipinski definition) is 4. The summed E-state index contributed by atoms with van der Waals surface area (Å²) < 4.78 is 0. The maximum atomic E-state index is 12.8. The number of fused-ring (bicyclic) bond motifs is 1. The molecule has 1 aliphatic heterocycles. The summed E-state index contributed by atoms with van der Waals surface area (Å²) in [6.45, 7) is 0.686. The molecule has 0 spiro atoms. The standard InChI is InChI=1S/C20H16N4O2/c25-19(16-9-11-21-22-13-16)23-17-7-5-15(6-8-17)20(26)24-12-10-14-3-1-2-4-18(14)24/h1-9,11,13H,10,12H2,(H,23,25).